The third-order valence-electron chi connectivity index (χ3n) is 8.70. The van der Waals surface area contributed by atoms with E-state index in [0.717, 1.165) is 78.3 Å². The summed E-state index contributed by atoms with van der Waals surface area (Å²) in [6, 6.07) is 23.5. The molecule has 1 aliphatic heterocycles. The van der Waals surface area contributed by atoms with Crippen molar-refractivity contribution >= 4 is 60.1 Å². The zero-order chi connectivity index (χ0) is 46.0. The molecule has 2 aromatic heterocycles. The normalized spacial score (nSPS) is 13.7. The van der Waals surface area contributed by atoms with Crippen molar-refractivity contribution < 1.29 is 76.6 Å². The minimum Gasteiger partial charge on any atom is -0.475 e. The lowest BCUT2D eigenvalue weighted by atomic mass is 10.1. The summed E-state index contributed by atoms with van der Waals surface area (Å²) in [5.41, 5.74) is 2.58. The van der Waals surface area contributed by atoms with Gasteiger partial charge in [0.2, 0.25) is 0 Å². The van der Waals surface area contributed by atoms with E-state index in [2.05, 4.69) is 16.3 Å². The number of carboxylic acids is 2. The average Bonchev–Trinajstić information content (AvgIpc) is 3.78. The number of nitrogens with one attached hydrogen (secondary N) is 1. The number of nitrogens with zero attached hydrogens (tertiary/aromatic N) is 3. The number of hydrogen-bond acceptors (Lipinski definition) is 9. The van der Waals surface area contributed by atoms with Crippen molar-refractivity contribution in [3.8, 4) is 0 Å². The highest BCUT2D eigenvalue weighted by atomic mass is 32.2. The second-order valence-corrected chi connectivity index (χ2v) is 16.5. The molecule has 0 radical (unpaired) electrons. The predicted molar refractivity (Wildman–Crippen MR) is 207 cm³/mol. The molecule has 4 aromatic carbocycles. The van der Waals surface area contributed by atoms with Gasteiger partial charge in [-0.25, -0.2) is 43.2 Å². The quantitative estimate of drug-likeness (QED) is 0.112. The summed E-state index contributed by atoms with van der Waals surface area (Å²) < 4.78 is 143. The van der Waals surface area contributed by atoms with E-state index in [4.69, 9.17) is 19.8 Å². The van der Waals surface area contributed by atoms with Gasteiger partial charge in [-0.05, 0) is 97.9 Å². The van der Waals surface area contributed by atoms with Crippen molar-refractivity contribution in [1.29, 1.82) is 0 Å². The van der Waals surface area contributed by atoms with Crippen molar-refractivity contribution in [3.63, 3.8) is 0 Å². The number of carbonyl (C=O) groups excluding carboxylic acids is 1. The van der Waals surface area contributed by atoms with Crippen LogP contribution in [0, 0.1) is 11.6 Å². The van der Waals surface area contributed by atoms with Crippen LogP contribution in [0.4, 0.5) is 35.1 Å². The summed E-state index contributed by atoms with van der Waals surface area (Å²) in [5, 5.41) is 19.1. The van der Waals surface area contributed by atoms with Gasteiger partial charge in [0, 0.05) is 48.4 Å². The summed E-state index contributed by atoms with van der Waals surface area (Å²) in [5.74, 6) is -6.48. The molecule has 0 spiro atoms. The van der Waals surface area contributed by atoms with Gasteiger partial charge in [-0.2, -0.15) is 26.3 Å². The number of hydrogen-bond donors (Lipinski definition) is 3. The van der Waals surface area contributed by atoms with Gasteiger partial charge in [-0.3, -0.25) is 9.69 Å². The van der Waals surface area contributed by atoms with Crippen LogP contribution < -0.4 is 5.32 Å². The van der Waals surface area contributed by atoms with E-state index in [1.165, 1.54) is 34.4 Å². The number of carbonyl (C=O) groups is 3. The number of alkyl halides is 6. The van der Waals surface area contributed by atoms with Gasteiger partial charge in [0.05, 0.1) is 20.8 Å². The van der Waals surface area contributed by atoms with Crippen molar-refractivity contribution in [1.82, 2.24) is 18.2 Å². The van der Waals surface area contributed by atoms with Crippen LogP contribution in [0.3, 0.4) is 0 Å². The van der Waals surface area contributed by atoms with Gasteiger partial charge < -0.3 is 15.5 Å². The zero-order valence-electron chi connectivity index (χ0n) is 31.6. The Hall–Kier alpha value is -6.17. The topological polar surface area (TPSA) is 185 Å². The predicted octanol–water partition coefficient (Wildman–Crippen LogP) is 6.91. The number of fused-ring (bicyclic) bond motifs is 2. The Bertz CT molecular complexity index is 2710. The Morgan fingerprint density at radius 1 is 0.629 bits per heavy atom. The Morgan fingerprint density at radius 3 is 1.52 bits per heavy atom. The molecule has 3 N–H and O–H groups in total. The van der Waals surface area contributed by atoms with Crippen LogP contribution in [0.2, 0.25) is 0 Å². The van der Waals surface area contributed by atoms with Gasteiger partial charge in [-0.1, -0.05) is 24.3 Å². The van der Waals surface area contributed by atoms with Crippen molar-refractivity contribution in [3.05, 3.63) is 132 Å². The second kappa shape index (κ2) is 20.1. The van der Waals surface area contributed by atoms with E-state index in [9.17, 15) is 56.8 Å². The highest BCUT2D eigenvalue weighted by Gasteiger charge is 2.39. The molecule has 7 rings (SSSR count). The van der Waals surface area contributed by atoms with Crippen LogP contribution in [0.5, 0.6) is 0 Å². The van der Waals surface area contributed by atoms with Crippen LogP contribution in [-0.2, 0) is 36.2 Å². The van der Waals surface area contributed by atoms with Gasteiger partial charge in [0.1, 0.15) is 11.6 Å². The zero-order valence-corrected chi connectivity index (χ0v) is 33.3. The van der Waals surface area contributed by atoms with Crippen molar-refractivity contribution in [2.24, 2.45) is 0 Å². The van der Waals surface area contributed by atoms with Crippen LogP contribution in [0.15, 0.2) is 119 Å². The molecule has 0 aliphatic carbocycles. The molecule has 1 saturated heterocycles. The highest BCUT2D eigenvalue weighted by molar-refractivity contribution is 7.90. The molecule has 1 fully saturated rings. The minimum absolute atomic E-state index is 0.0158. The number of halogens is 8. The minimum atomic E-state index is -5.08. The van der Waals surface area contributed by atoms with Crippen LogP contribution >= 0.6 is 0 Å². The molecular weight excluding hydrogens is 885 g/mol. The molecule has 0 bridgehead atoms. The maximum atomic E-state index is 13.2. The first kappa shape index (κ1) is 48.5. The molecule has 6 aromatic rings. The lowest BCUT2D eigenvalue weighted by Gasteiger charge is -2.20. The molecule has 62 heavy (non-hydrogen) atoms. The molecule has 0 amide bonds. The van der Waals surface area contributed by atoms with Gasteiger partial charge in [-0.15, -0.1) is 0 Å². The smallest absolute Gasteiger partial charge is 0.475 e. The third kappa shape index (κ3) is 12.2. The largest absolute Gasteiger partial charge is 0.490 e. The van der Waals surface area contributed by atoms with Crippen LogP contribution in [-0.4, -0.2) is 96.6 Å². The summed E-state index contributed by atoms with van der Waals surface area (Å²) in [6.07, 6.45) is -5.42. The first-order chi connectivity index (χ1) is 29.0. The summed E-state index contributed by atoms with van der Waals surface area (Å²) in [4.78, 5) is 31.2. The van der Waals surface area contributed by atoms with Gasteiger partial charge in [0.15, 0.2) is 6.29 Å². The van der Waals surface area contributed by atoms with Crippen LogP contribution in [0.1, 0.15) is 22.3 Å². The van der Waals surface area contributed by atoms with Crippen molar-refractivity contribution in [2.75, 3.05) is 26.2 Å². The van der Waals surface area contributed by atoms with E-state index in [1.54, 1.807) is 30.5 Å². The molecule has 23 heteroatoms. The lowest BCUT2D eigenvalue weighted by Crippen LogP contribution is -2.27. The second-order valence-electron chi connectivity index (χ2n) is 12.9. The molecule has 13 nitrogen and oxygen atoms in total. The Kier molecular flexibility index (Phi) is 15.7. The summed E-state index contributed by atoms with van der Waals surface area (Å²) in [7, 11) is -7.60. The SMILES string of the molecule is O=C(O)C(F)(F)F.O=C(O)C(F)(F)F.O=Cc1cccc2c1ccn2S(=O)(=O)c1ccc(F)cc1.O=S(=O)(c1ccc(F)cc1)n1ccc2c(CN3CCCNCC3)cccc21. The van der Waals surface area contributed by atoms with Crippen molar-refractivity contribution in [2.45, 2.75) is 35.1 Å². The maximum Gasteiger partial charge on any atom is 0.490 e. The van der Waals surface area contributed by atoms with Gasteiger partial charge in [0.25, 0.3) is 20.0 Å². The number of benzene rings is 4. The van der Waals surface area contributed by atoms with E-state index in [-0.39, 0.29) is 9.79 Å². The number of aliphatic carboxylic acids is 2. The molecular formula is C39H34F8N4O9S2. The van der Waals surface area contributed by atoms with E-state index in [0.29, 0.717) is 28.3 Å². The fourth-order valence-electron chi connectivity index (χ4n) is 5.77. The van der Waals surface area contributed by atoms with Crippen LogP contribution in [0.25, 0.3) is 21.8 Å². The Morgan fingerprint density at radius 2 is 1.06 bits per heavy atom. The first-order valence-corrected chi connectivity index (χ1v) is 20.6. The number of rotatable bonds is 7. The molecule has 0 unspecified atom stereocenters. The Labute approximate surface area is 347 Å². The monoisotopic (exact) mass is 918 g/mol. The molecule has 0 atom stereocenters. The molecule has 3 heterocycles. The Balaban J connectivity index is 0.000000213. The van der Waals surface area contributed by atoms with E-state index in [1.807, 2.05) is 18.2 Å². The fraction of sp³-hybridized carbons (Fsp3) is 0.205. The summed E-state index contributed by atoms with van der Waals surface area (Å²) >= 11 is 0. The average molecular weight is 919 g/mol. The molecule has 332 valence electrons. The van der Waals surface area contributed by atoms with E-state index >= 15 is 0 Å². The fourth-order valence-corrected chi connectivity index (χ4v) is 8.47. The van der Waals surface area contributed by atoms with Gasteiger partial charge >= 0.3 is 24.3 Å². The standard InChI is InChI=1S/C20H22FN3O2S.C15H10FNO3S.2C2HF3O2/c21-17-5-7-18(8-6-17)27(25,26)24-13-9-19-16(3-1-4-20(19)24)15-23-12-2-10-22-11-14-23;16-12-4-6-13(7-5-12)21(19,20)17-9-8-14-11(10-18)2-1-3-15(14)17;2*3-2(4,5)1(6)7/h1,3-9,13,22H,2,10-12,14-15H2;1-10H;2*(H,6,7). The lowest BCUT2D eigenvalue weighted by molar-refractivity contribution is -0.193. The number of aldehydes is 1. The van der Waals surface area contributed by atoms with E-state index < -0.39 is 56.0 Å². The number of aromatic nitrogens is 2. The summed E-state index contributed by atoms with van der Waals surface area (Å²) in [6.45, 7) is 4.80. The first-order valence-electron chi connectivity index (χ1n) is 17.7. The molecule has 1 aliphatic rings. The maximum absolute atomic E-state index is 13.2. The number of carboxylic acid groups (broad SMARTS) is 2. The molecule has 0 saturated carbocycles. The third-order valence-corrected chi connectivity index (χ3v) is 12.1. The highest BCUT2D eigenvalue weighted by Crippen LogP contribution is 2.27.